The number of anilines is 1. The quantitative estimate of drug-likeness (QED) is 0.484. The van der Waals surface area contributed by atoms with Gasteiger partial charge in [-0.25, -0.2) is 0 Å². The number of hydrogen-bond acceptors (Lipinski definition) is 3. The monoisotopic (exact) mass is 373 g/mol. The Morgan fingerprint density at radius 3 is 2.59 bits per heavy atom. The van der Waals surface area contributed by atoms with Gasteiger partial charge in [-0.15, -0.1) is 0 Å². The molecule has 0 spiro atoms. The normalized spacial score (nSPS) is 16.3. The van der Waals surface area contributed by atoms with Crippen LogP contribution in [0.4, 0.5) is 5.69 Å². The second-order valence-corrected chi connectivity index (χ2v) is 7.73. The first-order valence-electron chi connectivity index (χ1n) is 10.1. The summed E-state index contributed by atoms with van der Waals surface area (Å²) in [5.74, 6) is 1.69. The maximum absolute atomic E-state index is 11.5. The molecule has 1 saturated heterocycles. The highest BCUT2D eigenvalue weighted by molar-refractivity contribution is 5.82. The number of amides is 1. The summed E-state index contributed by atoms with van der Waals surface area (Å²) in [4.78, 5) is 18.0. The van der Waals surface area contributed by atoms with Crippen molar-refractivity contribution in [2.45, 2.75) is 52.6 Å². The van der Waals surface area contributed by atoms with Gasteiger partial charge in [-0.1, -0.05) is 38.8 Å². The summed E-state index contributed by atoms with van der Waals surface area (Å²) in [6.07, 6.45) is 3.65. The predicted octanol–water partition coefficient (Wildman–Crippen LogP) is 2.50. The molecule has 1 atom stereocenters. The lowest BCUT2D eigenvalue weighted by Gasteiger charge is -2.28. The van der Waals surface area contributed by atoms with Crippen LogP contribution >= 0.6 is 0 Å². The number of carbonyl (C=O) groups excluding carboxylic acids is 1. The second-order valence-electron chi connectivity index (χ2n) is 7.73. The van der Waals surface area contributed by atoms with Gasteiger partial charge in [0.1, 0.15) is 0 Å². The maximum Gasteiger partial charge on any atom is 0.239 e. The molecule has 0 bridgehead atoms. The van der Waals surface area contributed by atoms with Crippen molar-refractivity contribution in [1.82, 2.24) is 16.0 Å². The number of piperazine rings is 1. The summed E-state index contributed by atoms with van der Waals surface area (Å²) in [6, 6.07) is 8.78. The maximum atomic E-state index is 11.5. The summed E-state index contributed by atoms with van der Waals surface area (Å²) >= 11 is 0. The van der Waals surface area contributed by atoms with Crippen LogP contribution in [0.25, 0.3) is 0 Å². The van der Waals surface area contributed by atoms with E-state index in [1.165, 1.54) is 18.4 Å². The molecule has 1 aromatic rings. The summed E-state index contributed by atoms with van der Waals surface area (Å²) in [5.41, 5.74) is 2.28. The molecule has 1 aliphatic rings. The molecule has 2 rings (SSSR count). The minimum Gasteiger partial charge on any atom is -0.360 e. The molecule has 1 amide bonds. The molecular weight excluding hydrogens is 338 g/mol. The minimum atomic E-state index is 0.0874. The summed E-state index contributed by atoms with van der Waals surface area (Å²) in [5, 5.41) is 9.70. The highest BCUT2D eigenvalue weighted by Gasteiger charge is 2.16. The van der Waals surface area contributed by atoms with E-state index in [2.05, 4.69) is 70.9 Å². The molecule has 0 radical (unpaired) electrons. The van der Waals surface area contributed by atoms with Gasteiger partial charge in [0, 0.05) is 38.4 Å². The molecule has 1 aromatic carbocycles. The SMILES string of the molecule is CN=C(NCc1ccc(N2CCNC(=O)C2)cc1)NC(C)CCCC(C)C. The first-order valence-corrected chi connectivity index (χ1v) is 10.1. The molecule has 3 N–H and O–H groups in total. The van der Waals surface area contributed by atoms with Gasteiger partial charge in [0.2, 0.25) is 5.91 Å². The molecule has 0 saturated carbocycles. The van der Waals surface area contributed by atoms with Crippen molar-refractivity contribution in [2.75, 3.05) is 31.6 Å². The van der Waals surface area contributed by atoms with E-state index < -0.39 is 0 Å². The Morgan fingerprint density at radius 1 is 1.22 bits per heavy atom. The van der Waals surface area contributed by atoms with Gasteiger partial charge in [0.25, 0.3) is 0 Å². The van der Waals surface area contributed by atoms with Gasteiger partial charge >= 0.3 is 0 Å². The van der Waals surface area contributed by atoms with E-state index in [-0.39, 0.29) is 5.91 Å². The Kier molecular flexibility index (Phi) is 8.43. The topological polar surface area (TPSA) is 68.8 Å². The van der Waals surface area contributed by atoms with Crippen LogP contribution in [0.2, 0.25) is 0 Å². The lowest BCUT2D eigenvalue weighted by atomic mass is 10.0. The lowest BCUT2D eigenvalue weighted by molar-refractivity contribution is -0.120. The van der Waals surface area contributed by atoms with E-state index in [0.29, 0.717) is 19.1 Å². The number of benzene rings is 1. The van der Waals surface area contributed by atoms with Crippen LogP contribution in [-0.4, -0.2) is 44.6 Å². The van der Waals surface area contributed by atoms with Crippen LogP contribution in [0.5, 0.6) is 0 Å². The van der Waals surface area contributed by atoms with Gasteiger partial charge < -0.3 is 20.9 Å². The van der Waals surface area contributed by atoms with Gasteiger partial charge in [-0.2, -0.15) is 0 Å². The number of rotatable bonds is 8. The fraction of sp³-hybridized carbons (Fsp3) is 0.619. The zero-order chi connectivity index (χ0) is 19.6. The standard InChI is InChI=1S/C21H35N5O/c1-16(2)6-5-7-17(3)25-21(22-4)24-14-18-8-10-19(11-9-18)26-13-12-23-20(27)15-26/h8-11,16-17H,5-7,12-15H2,1-4H3,(H,23,27)(H2,22,24,25). The summed E-state index contributed by atoms with van der Waals surface area (Å²) < 4.78 is 0. The van der Waals surface area contributed by atoms with Crippen LogP contribution in [0.1, 0.15) is 45.6 Å². The summed E-state index contributed by atoms with van der Waals surface area (Å²) in [7, 11) is 1.81. The second kappa shape index (κ2) is 10.8. The number of guanidine groups is 1. The van der Waals surface area contributed by atoms with E-state index in [1.807, 2.05) is 0 Å². The van der Waals surface area contributed by atoms with E-state index in [9.17, 15) is 4.79 Å². The van der Waals surface area contributed by atoms with Crippen molar-refractivity contribution in [3.8, 4) is 0 Å². The van der Waals surface area contributed by atoms with Crippen molar-refractivity contribution in [1.29, 1.82) is 0 Å². The van der Waals surface area contributed by atoms with Crippen molar-refractivity contribution in [2.24, 2.45) is 10.9 Å². The van der Waals surface area contributed by atoms with Crippen LogP contribution < -0.4 is 20.9 Å². The minimum absolute atomic E-state index is 0.0874. The Balaban J connectivity index is 1.78. The van der Waals surface area contributed by atoms with E-state index in [1.54, 1.807) is 7.05 Å². The number of nitrogens with zero attached hydrogens (tertiary/aromatic N) is 2. The third-order valence-electron chi connectivity index (χ3n) is 4.83. The van der Waals surface area contributed by atoms with Crippen molar-refractivity contribution in [3.63, 3.8) is 0 Å². The van der Waals surface area contributed by atoms with E-state index in [0.717, 1.165) is 37.1 Å². The fourth-order valence-corrected chi connectivity index (χ4v) is 3.20. The molecule has 1 heterocycles. The van der Waals surface area contributed by atoms with Crippen LogP contribution in [0.15, 0.2) is 29.3 Å². The Labute approximate surface area is 163 Å². The third-order valence-corrected chi connectivity index (χ3v) is 4.83. The van der Waals surface area contributed by atoms with Crippen LogP contribution in [0, 0.1) is 5.92 Å². The van der Waals surface area contributed by atoms with Gasteiger partial charge in [0.15, 0.2) is 5.96 Å². The zero-order valence-corrected chi connectivity index (χ0v) is 17.2. The van der Waals surface area contributed by atoms with Crippen LogP contribution in [0.3, 0.4) is 0 Å². The Hall–Kier alpha value is -2.24. The molecule has 1 aliphatic heterocycles. The number of carbonyl (C=O) groups is 1. The molecule has 0 aliphatic carbocycles. The zero-order valence-electron chi connectivity index (χ0n) is 17.2. The van der Waals surface area contributed by atoms with Gasteiger partial charge in [0.05, 0.1) is 6.54 Å². The van der Waals surface area contributed by atoms with Crippen molar-refractivity contribution < 1.29 is 4.79 Å². The highest BCUT2D eigenvalue weighted by atomic mass is 16.2. The first kappa shape index (κ1) is 21.1. The van der Waals surface area contributed by atoms with E-state index in [4.69, 9.17) is 0 Å². The third kappa shape index (κ3) is 7.49. The molecular formula is C21H35N5O. The smallest absolute Gasteiger partial charge is 0.239 e. The van der Waals surface area contributed by atoms with Crippen molar-refractivity contribution in [3.05, 3.63) is 29.8 Å². The number of hydrogen-bond donors (Lipinski definition) is 3. The number of aliphatic imine (C=N–C) groups is 1. The van der Waals surface area contributed by atoms with Crippen LogP contribution in [-0.2, 0) is 11.3 Å². The number of nitrogens with one attached hydrogen (secondary N) is 3. The molecule has 1 fully saturated rings. The fourth-order valence-electron chi connectivity index (χ4n) is 3.20. The highest BCUT2D eigenvalue weighted by Crippen LogP contribution is 2.16. The molecule has 0 aromatic heterocycles. The summed E-state index contributed by atoms with van der Waals surface area (Å²) in [6.45, 7) is 9.46. The largest absolute Gasteiger partial charge is 0.360 e. The molecule has 150 valence electrons. The first-order chi connectivity index (χ1) is 13.0. The van der Waals surface area contributed by atoms with Gasteiger partial charge in [-0.3, -0.25) is 9.79 Å². The molecule has 1 unspecified atom stereocenters. The predicted molar refractivity (Wildman–Crippen MR) is 113 cm³/mol. The van der Waals surface area contributed by atoms with Crippen molar-refractivity contribution >= 4 is 17.6 Å². The Bertz CT molecular complexity index is 612. The average molecular weight is 374 g/mol. The molecule has 27 heavy (non-hydrogen) atoms. The van der Waals surface area contributed by atoms with Gasteiger partial charge in [-0.05, 0) is 37.0 Å². The molecule has 6 nitrogen and oxygen atoms in total. The van der Waals surface area contributed by atoms with E-state index >= 15 is 0 Å². The Morgan fingerprint density at radius 2 is 1.96 bits per heavy atom. The lowest BCUT2D eigenvalue weighted by Crippen LogP contribution is -2.47. The molecule has 6 heteroatoms. The average Bonchev–Trinajstić information content (AvgIpc) is 2.65.